The zero-order valence-electron chi connectivity index (χ0n) is 24.8. The van der Waals surface area contributed by atoms with E-state index in [0.29, 0.717) is 0 Å². The van der Waals surface area contributed by atoms with Crippen molar-refractivity contribution in [3.63, 3.8) is 0 Å². The molecular formula is C42H26N4. The number of hydrogen-bond acceptors (Lipinski definition) is 2. The third-order valence-electron chi connectivity index (χ3n) is 9.31. The first-order valence-electron chi connectivity index (χ1n) is 15.6. The normalized spacial score (nSPS) is 11.9. The van der Waals surface area contributed by atoms with Crippen LogP contribution >= 0.6 is 0 Å². The van der Waals surface area contributed by atoms with Gasteiger partial charge in [0.05, 0.1) is 45.0 Å². The molecule has 0 aliphatic heterocycles. The number of rotatable bonds is 3. The zero-order chi connectivity index (χ0) is 30.2. The van der Waals surface area contributed by atoms with Crippen LogP contribution in [0, 0.1) is 0 Å². The molecule has 0 aliphatic rings. The van der Waals surface area contributed by atoms with Gasteiger partial charge in [0.25, 0.3) is 0 Å². The van der Waals surface area contributed by atoms with Gasteiger partial charge in [-0.2, -0.15) is 0 Å². The Morgan fingerprint density at radius 2 is 1.00 bits per heavy atom. The predicted octanol–water partition coefficient (Wildman–Crippen LogP) is 10.6. The highest BCUT2D eigenvalue weighted by Crippen LogP contribution is 2.42. The Balaban J connectivity index is 1.25. The second kappa shape index (κ2) is 9.62. The van der Waals surface area contributed by atoms with Crippen LogP contribution in [-0.4, -0.2) is 19.1 Å². The van der Waals surface area contributed by atoms with Gasteiger partial charge in [-0.25, -0.2) is 4.98 Å². The van der Waals surface area contributed by atoms with E-state index in [0.717, 1.165) is 33.7 Å². The highest BCUT2D eigenvalue weighted by molar-refractivity contribution is 6.23. The van der Waals surface area contributed by atoms with Gasteiger partial charge in [0.2, 0.25) is 0 Å². The van der Waals surface area contributed by atoms with E-state index in [4.69, 9.17) is 4.98 Å². The molecule has 0 radical (unpaired) electrons. The highest BCUT2D eigenvalue weighted by atomic mass is 15.0. The summed E-state index contributed by atoms with van der Waals surface area (Å²) in [5, 5.41) is 7.33. The molecule has 46 heavy (non-hydrogen) atoms. The van der Waals surface area contributed by atoms with Crippen LogP contribution in [0.2, 0.25) is 0 Å². The van der Waals surface area contributed by atoms with E-state index in [1.165, 1.54) is 54.4 Å². The number of para-hydroxylation sites is 5. The van der Waals surface area contributed by atoms with Gasteiger partial charge in [-0.05, 0) is 65.4 Å². The fraction of sp³-hybridized carbons (Fsp3) is 0. The lowest BCUT2D eigenvalue weighted by Crippen LogP contribution is -1.98. The Kier molecular flexibility index (Phi) is 5.25. The van der Waals surface area contributed by atoms with Crippen LogP contribution in [0.3, 0.4) is 0 Å². The first kappa shape index (κ1) is 25.1. The lowest BCUT2D eigenvalue weighted by Gasteiger charge is -2.13. The molecule has 3 heterocycles. The van der Waals surface area contributed by atoms with E-state index in [-0.39, 0.29) is 0 Å². The van der Waals surface area contributed by atoms with Gasteiger partial charge in [-0.1, -0.05) is 97.1 Å². The maximum Gasteiger partial charge on any atom is 0.0894 e. The van der Waals surface area contributed by atoms with Crippen LogP contribution in [0.15, 0.2) is 158 Å². The molecule has 0 saturated carbocycles. The third-order valence-corrected chi connectivity index (χ3v) is 9.31. The number of nitrogens with zero attached hydrogens (tertiary/aromatic N) is 4. The number of fused-ring (bicyclic) bond motifs is 9. The minimum Gasteiger partial charge on any atom is -0.307 e. The summed E-state index contributed by atoms with van der Waals surface area (Å²) in [7, 11) is 0. The van der Waals surface area contributed by atoms with Crippen molar-refractivity contribution in [2.45, 2.75) is 0 Å². The van der Waals surface area contributed by atoms with E-state index in [9.17, 15) is 0 Å². The molecule has 0 bridgehead atoms. The Morgan fingerprint density at radius 1 is 0.413 bits per heavy atom. The Bertz CT molecular complexity index is 2810. The zero-order valence-corrected chi connectivity index (χ0v) is 24.8. The van der Waals surface area contributed by atoms with E-state index >= 15 is 0 Å². The topological polar surface area (TPSA) is 35.6 Å². The van der Waals surface area contributed by atoms with Gasteiger partial charge in [0.15, 0.2) is 0 Å². The van der Waals surface area contributed by atoms with Crippen molar-refractivity contribution in [1.82, 2.24) is 19.1 Å². The van der Waals surface area contributed by atoms with Gasteiger partial charge in [0, 0.05) is 38.5 Å². The van der Waals surface area contributed by atoms with Crippen molar-refractivity contribution in [1.29, 1.82) is 0 Å². The van der Waals surface area contributed by atoms with Gasteiger partial charge >= 0.3 is 0 Å². The summed E-state index contributed by atoms with van der Waals surface area (Å²) in [5.41, 5.74) is 10.9. The van der Waals surface area contributed by atoms with Crippen molar-refractivity contribution in [2.24, 2.45) is 0 Å². The molecule has 0 spiro atoms. The van der Waals surface area contributed by atoms with E-state index in [1.807, 2.05) is 30.5 Å². The lowest BCUT2D eigenvalue weighted by molar-refractivity contribution is 1.15. The molecule has 4 heteroatoms. The van der Waals surface area contributed by atoms with Crippen molar-refractivity contribution in [3.8, 4) is 22.6 Å². The van der Waals surface area contributed by atoms with Crippen LogP contribution in [0.1, 0.15) is 0 Å². The van der Waals surface area contributed by atoms with Crippen molar-refractivity contribution in [2.75, 3.05) is 0 Å². The number of benzene rings is 7. The lowest BCUT2D eigenvalue weighted by atomic mass is 10.0. The van der Waals surface area contributed by atoms with Crippen molar-refractivity contribution < 1.29 is 0 Å². The van der Waals surface area contributed by atoms with Crippen LogP contribution in [-0.2, 0) is 0 Å². The summed E-state index contributed by atoms with van der Waals surface area (Å²) >= 11 is 0. The van der Waals surface area contributed by atoms with Crippen molar-refractivity contribution in [3.05, 3.63) is 158 Å². The molecule has 214 valence electrons. The predicted molar refractivity (Wildman–Crippen MR) is 191 cm³/mol. The molecule has 0 aliphatic carbocycles. The largest absolute Gasteiger partial charge is 0.307 e. The van der Waals surface area contributed by atoms with Crippen LogP contribution in [0.4, 0.5) is 0 Å². The van der Waals surface area contributed by atoms with Crippen LogP contribution in [0.5, 0.6) is 0 Å². The Labute approximate surface area is 264 Å². The molecule has 0 fully saturated rings. The summed E-state index contributed by atoms with van der Waals surface area (Å²) in [6.45, 7) is 0. The maximum absolute atomic E-state index is 4.89. The summed E-state index contributed by atoms with van der Waals surface area (Å²) in [5.74, 6) is 0. The van der Waals surface area contributed by atoms with Crippen LogP contribution < -0.4 is 0 Å². The molecule has 0 atom stereocenters. The average Bonchev–Trinajstić information content (AvgIpc) is 3.64. The SMILES string of the molecule is c1ccc(-n2c3ccccc3c3ccc4c5ccccc5n(-c5ccc6cc(-c7cnc8ccccc8n7)ccc6c5)c4c32)cc1. The molecule has 0 unspecified atom stereocenters. The summed E-state index contributed by atoms with van der Waals surface area (Å²) in [6, 6.07) is 54.2. The van der Waals surface area contributed by atoms with Gasteiger partial charge in [0.1, 0.15) is 0 Å². The average molecular weight is 587 g/mol. The fourth-order valence-corrected chi connectivity index (χ4v) is 7.24. The summed E-state index contributed by atoms with van der Waals surface area (Å²) < 4.78 is 4.88. The molecule has 0 amide bonds. The molecule has 4 nitrogen and oxygen atoms in total. The van der Waals surface area contributed by atoms with Crippen LogP contribution in [0.25, 0.3) is 88.0 Å². The molecule has 0 saturated heterocycles. The number of hydrogen-bond donors (Lipinski definition) is 0. The first-order valence-corrected chi connectivity index (χ1v) is 15.6. The minimum absolute atomic E-state index is 0.878. The third kappa shape index (κ3) is 3.61. The van der Waals surface area contributed by atoms with Crippen molar-refractivity contribution >= 4 is 65.4 Å². The standard InChI is InChI=1S/C42H26N4/c1-2-10-30(11-3-1)45-39-16-8-4-12-32(39)34-22-23-35-33-13-5-9-17-40(33)46(42(35)41(34)45)31-21-20-27-24-29(19-18-28(27)25-31)38-26-43-36-14-6-7-15-37(36)44-38/h1-26H. The van der Waals surface area contributed by atoms with E-state index < -0.39 is 0 Å². The van der Waals surface area contributed by atoms with Gasteiger partial charge in [-0.3, -0.25) is 4.98 Å². The first-order chi connectivity index (χ1) is 22.8. The molecule has 10 aromatic rings. The van der Waals surface area contributed by atoms with Gasteiger partial charge < -0.3 is 9.13 Å². The quantitative estimate of drug-likeness (QED) is 0.206. The second-order valence-corrected chi connectivity index (χ2v) is 11.9. The Morgan fingerprint density at radius 3 is 1.74 bits per heavy atom. The molecule has 3 aromatic heterocycles. The van der Waals surface area contributed by atoms with Gasteiger partial charge in [-0.15, -0.1) is 0 Å². The smallest absolute Gasteiger partial charge is 0.0894 e. The molecular weight excluding hydrogens is 560 g/mol. The number of aromatic nitrogens is 4. The molecule has 0 N–H and O–H groups in total. The fourth-order valence-electron chi connectivity index (χ4n) is 7.24. The summed E-state index contributed by atoms with van der Waals surface area (Å²) in [6.07, 6.45) is 1.87. The van der Waals surface area contributed by atoms with E-state index in [2.05, 4.69) is 142 Å². The highest BCUT2D eigenvalue weighted by Gasteiger charge is 2.21. The molecule has 10 rings (SSSR count). The summed E-state index contributed by atoms with van der Waals surface area (Å²) in [4.78, 5) is 9.53. The second-order valence-electron chi connectivity index (χ2n) is 11.9. The molecule has 7 aromatic carbocycles. The van der Waals surface area contributed by atoms with E-state index in [1.54, 1.807) is 0 Å². The minimum atomic E-state index is 0.878. The Hall–Kier alpha value is -6.26. The monoisotopic (exact) mass is 586 g/mol. The maximum atomic E-state index is 4.89.